The molecule has 0 aromatic heterocycles. The van der Waals surface area contributed by atoms with Gasteiger partial charge in [-0.15, -0.1) is 0 Å². The first-order valence-electron chi connectivity index (χ1n) is 6.96. The highest BCUT2D eigenvalue weighted by Crippen LogP contribution is 2.26. The molecule has 1 N–H and O–H groups in total. The van der Waals surface area contributed by atoms with Crippen LogP contribution in [0.5, 0.6) is 5.75 Å². The summed E-state index contributed by atoms with van der Waals surface area (Å²) < 4.78 is 5.72. The summed E-state index contributed by atoms with van der Waals surface area (Å²) in [6.07, 6.45) is 0. The summed E-state index contributed by atoms with van der Waals surface area (Å²) in [4.78, 5) is 0. The Morgan fingerprint density at radius 2 is 1.71 bits per heavy atom. The number of ether oxygens (including phenoxy) is 1. The first-order chi connectivity index (χ1) is 10.1. The molecule has 112 valence electrons. The van der Waals surface area contributed by atoms with Gasteiger partial charge in [0.25, 0.3) is 0 Å². The molecule has 0 aliphatic rings. The Bertz CT molecular complexity index is 579. The molecule has 0 bridgehead atoms. The molecule has 0 saturated carbocycles. The highest BCUT2D eigenvalue weighted by Gasteiger charge is 2.05. The molecule has 2 aromatic rings. The van der Waals surface area contributed by atoms with Crippen LogP contribution in [0, 0.1) is 5.92 Å². The third-order valence-electron chi connectivity index (χ3n) is 2.95. The van der Waals surface area contributed by atoms with Crippen LogP contribution in [0.25, 0.3) is 0 Å². The standard InChI is InChI=1S/C17H19Cl2NO/c1-12(2)11-21-14-6-3-5-13(9-14)20-10-15-16(18)7-4-8-17(15)19/h3-9,12,20H,10-11H2,1-2H3. The van der Waals surface area contributed by atoms with E-state index in [0.29, 0.717) is 29.1 Å². The molecule has 0 atom stereocenters. The summed E-state index contributed by atoms with van der Waals surface area (Å²) in [5, 5.41) is 4.66. The van der Waals surface area contributed by atoms with Crippen molar-refractivity contribution in [3.63, 3.8) is 0 Å². The van der Waals surface area contributed by atoms with Gasteiger partial charge in [0, 0.05) is 33.9 Å². The minimum absolute atomic E-state index is 0.503. The van der Waals surface area contributed by atoms with Crippen LogP contribution in [0.3, 0.4) is 0 Å². The maximum Gasteiger partial charge on any atom is 0.121 e. The second-order valence-electron chi connectivity index (χ2n) is 5.29. The van der Waals surface area contributed by atoms with Crippen molar-refractivity contribution in [2.45, 2.75) is 20.4 Å². The summed E-state index contributed by atoms with van der Waals surface area (Å²) in [6, 6.07) is 13.4. The number of halogens is 2. The maximum absolute atomic E-state index is 6.16. The molecular formula is C17H19Cl2NO. The van der Waals surface area contributed by atoms with E-state index in [1.165, 1.54) is 0 Å². The molecule has 0 spiro atoms. The Hall–Kier alpha value is -1.38. The van der Waals surface area contributed by atoms with Crippen molar-refractivity contribution in [1.29, 1.82) is 0 Å². The molecule has 4 heteroatoms. The quantitative estimate of drug-likeness (QED) is 0.742. The van der Waals surface area contributed by atoms with Gasteiger partial charge in [-0.3, -0.25) is 0 Å². The molecule has 0 aliphatic carbocycles. The van der Waals surface area contributed by atoms with Crippen molar-refractivity contribution in [2.75, 3.05) is 11.9 Å². The van der Waals surface area contributed by atoms with E-state index in [4.69, 9.17) is 27.9 Å². The predicted molar refractivity (Wildman–Crippen MR) is 90.6 cm³/mol. The van der Waals surface area contributed by atoms with E-state index in [1.54, 1.807) is 0 Å². The number of nitrogens with one attached hydrogen (secondary N) is 1. The highest BCUT2D eigenvalue weighted by atomic mass is 35.5. The van der Waals surface area contributed by atoms with Gasteiger partial charge in [0.15, 0.2) is 0 Å². The van der Waals surface area contributed by atoms with Gasteiger partial charge in [-0.1, -0.05) is 49.2 Å². The third-order valence-corrected chi connectivity index (χ3v) is 3.66. The van der Waals surface area contributed by atoms with Gasteiger partial charge < -0.3 is 10.1 Å². The van der Waals surface area contributed by atoms with Gasteiger partial charge in [-0.25, -0.2) is 0 Å². The second kappa shape index (κ2) is 7.58. The molecule has 0 unspecified atom stereocenters. The minimum Gasteiger partial charge on any atom is -0.493 e. The lowest BCUT2D eigenvalue weighted by Crippen LogP contribution is -2.05. The number of anilines is 1. The normalized spacial score (nSPS) is 10.7. The smallest absolute Gasteiger partial charge is 0.121 e. The Morgan fingerprint density at radius 1 is 1.05 bits per heavy atom. The lowest BCUT2D eigenvalue weighted by atomic mass is 10.2. The maximum atomic E-state index is 6.16. The largest absolute Gasteiger partial charge is 0.493 e. The Kier molecular flexibility index (Phi) is 5.77. The molecule has 2 aromatic carbocycles. The fraction of sp³-hybridized carbons (Fsp3) is 0.294. The van der Waals surface area contributed by atoms with E-state index in [0.717, 1.165) is 17.0 Å². The highest BCUT2D eigenvalue weighted by molar-refractivity contribution is 6.36. The van der Waals surface area contributed by atoms with E-state index in [9.17, 15) is 0 Å². The van der Waals surface area contributed by atoms with E-state index in [2.05, 4.69) is 19.2 Å². The molecule has 0 amide bonds. The number of rotatable bonds is 6. The van der Waals surface area contributed by atoms with Crippen molar-refractivity contribution >= 4 is 28.9 Å². The van der Waals surface area contributed by atoms with Crippen molar-refractivity contribution in [1.82, 2.24) is 0 Å². The molecular weight excluding hydrogens is 305 g/mol. The van der Waals surface area contributed by atoms with Crippen LogP contribution < -0.4 is 10.1 Å². The van der Waals surface area contributed by atoms with Gasteiger partial charge in [0.05, 0.1) is 6.61 Å². The van der Waals surface area contributed by atoms with Gasteiger partial charge in [-0.05, 0) is 30.2 Å². The monoisotopic (exact) mass is 323 g/mol. The predicted octanol–water partition coefficient (Wildman–Crippen LogP) is 5.64. The van der Waals surface area contributed by atoms with Crippen LogP contribution in [0.2, 0.25) is 10.0 Å². The Balaban J connectivity index is 2.01. The number of hydrogen-bond acceptors (Lipinski definition) is 2. The van der Waals surface area contributed by atoms with Crippen LogP contribution in [-0.2, 0) is 6.54 Å². The molecule has 0 radical (unpaired) electrons. The first kappa shape index (κ1) is 16.0. The molecule has 0 aliphatic heterocycles. The SMILES string of the molecule is CC(C)COc1cccc(NCc2c(Cl)cccc2Cl)c1. The molecule has 0 heterocycles. The zero-order chi connectivity index (χ0) is 15.2. The molecule has 0 fully saturated rings. The Labute approximate surface area is 136 Å². The van der Waals surface area contributed by atoms with Gasteiger partial charge in [-0.2, -0.15) is 0 Å². The first-order valence-corrected chi connectivity index (χ1v) is 7.71. The van der Waals surface area contributed by atoms with Gasteiger partial charge >= 0.3 is 0 Å². The minimum atomic E-state index is 0.503. The average Bonchev–Trinajstić information content (AvgIpc) is 2.45. The van der Waals surface area contributed by atoms with Crippen LogP contribution >= 0.6 is 23.2 Å². The van der Waals surface area contributed by atoms with Crippen molar-refractivity contribution in [2.24, 2.45) is 5.92 Å². The van der Waals surface area contributed by atoms with Crippen molar-refractivity contribution in [3.8, 4) is 5.75 Å². The van der Waals surface area contributed by atoms with E-state index < -0.39 is 0 Å². The molecule has 2 nitrogen and oxygen atoms in total. The van der Waals surface area contributed by atoms with E-state index in [1.807, 2.05) is 42.5 Å². The average molecular weight is 324 g/mol. The van der Waals surface area contributed by atoms with Crippen molar-refractivity contribution in [3.05, 3.63) is 58.1 Å². The van der Waals surface area contributed by atoms with E-state index >= 15 is 0 Å². The molecule has 2 rings (SSSR count). The molecule has 0 saturated heterocycles. The van der Waals surface area contributed by atoms with E-state index in [-0.39, 0.29) is 0 Å². The lowest BCUT2D eigenvalue weighted by molar-refractivity contribution is 0.271. The topological polar surface area (TPSA) is 21.3 Å². The lowest BCUT2D eigenvalue weighted by Gasteiger charge is -2.12. The van der Waals surface area contributed by atoms with Gasteiger partial charge in [0.2, 0.25) is 0 Å². The number of benzene rings is 2. The summed E-state index contributed by atoms with van der Waals surface area (Å²) >= 11 is 12.3. The Morgan fingerprint density at radius 3 is 2.38 bits per heavy atom. The summed E-state index contributed by atoms with van der Waals surface area (Å²) in [7, 11) is 0. The molecule has 21 heavy (non-hydrogen) atoms. The zero-order valence-electron chi connectivity index (χ0n) is 12.2. The third kappa shape index (κ3) is 4.83. The fourth-order valence-corrected chi connectivity index (χ4v) is 2.38. The second-order valence-corrected chi connectivity index (χ2v) is 6.10. The summed E-state index contributed by atoms with van der Waals surface area (Å²) in [5.74, 6) is 1.36. The summed E-state index contributed by atoms with van der Waals surface area (Å²) in [5.41, 5.74) is 1.88. The zero-order valence-corrected chi connectivity index (χ0v) is 13.7. The van der Waals surface area contributed by atoms with Crippen molar-refractivity contribution < 1.29 is 4.74 Å². The van der Waals surface area contributed by atoms with Gasteiger partial charge in [0.1, 0.15) is 5.75 Å². The van der Waals surface area contributed by atoms with Crippen LogP contribution in [0.4, 0.5) is 5.69 Å². The van der Waals surface area contributed by atoms with Crippen LogP contribution in [-0.4, -0.2) is 6.61 Å². The number of hydrogen-bond donors (Lipinski definition) is 1. The fourth-order valence-electron chi connectivity index (χ4n) is 1.85. The van der Waals surface area contributed by atoms with Crippen LogP contribution in [0.15, 0.2) is 42.5 Å². The van der Waals surface area contributed by atoms with Crippen LogP contribution in [0.1, 0.15) is 19.4 Å². The summed E-state index contributed by atoms with van der Waals surface area (Å²) in [6.45, 7) is 5.54.